The molecule has 1 aromatic rings. The molecular formula is C11H17N3. The van der Waals surface area contributed by atoms with E-state index < -0.39 is 0 Å². The largest absolute Gasteiger partial charge is 0.396 e. The van der Waals surface area contributed by atoms with Crippen molar-refractivity contribution in [3.63, 3.8) is 0 Å². The number of aromatic nitrogens is 2. The van der Waals surface area contributed by atoms with Crippen molar-refractivity contribution in [2.24, 2.45) is 11.8 Å². The van der Waals surface area contributed by atoms with E-state index in [1.165, 1.54) is 25.7 Å². The number of nitrogen functional groups attached to an aromatic ring is 1. The van der Waals surface area contributed by atoms with Crippen molar-refractivity contribution in [3.8, 4) is 0 Å². The molecule has 3 nitrogen and oxygen atoms in total. The molecule has 2 saturated carbocycles. The molecule has 14 heavy (non-hydrogen) atoms. The van der Waals surface area contributed by atoms with Gasteiger partial charge in [-0.05, 0) is 44.4 Å². The van der Waals surface area contributed by atoms with Crippen molar-refractivity contribution in [2.45, 2.75) is 38.6 Å². The van der Waals surface area contributed by atoms with Gasteiger partial charge in [0.15, 0.2) is 0 Å². The third kappa shape index (κ3) is 1.31. The van der Waals surface area contributed by atoms with Gasteiger partial charge in [-0.2, -0.15) is 5.10 Å². The van der Waals surface area contributed by atoms with Crippen molar-refractivity contribution in [3.05, 3.63) is 11.9 Å². The van der Waals surface area contributed by atoms with E-state index in [9.17, 15) is 0 Å². The fourth-order valence-corrected chi connectivity index (χ4v) is 2.34. The fourth-order valence-electron chi connectivity index (χ4n) is 2.34. The van der Waals surface area contributed by atoms with Crippen LogP contribution in [0.25, 0.3) is 0 Å². The third-order valence-corrected chi connectivity index (χ3v) is 3.47. The summed E-state index contributed by atoms with van der Waals surface area (Å²) >= 11 is 0. The van der Waals surface area contributed by atoms with Gasteiger partial charge in [-0.3, -0.25) is 4.68 Å². The zero-order valence-corrected chi connectivity index (χ0v) is 8.61. The van der Waals surface area contributed by atoms with E-state index in [4.69, 9.17) is 5.73 Å². The molecule has 3 rings (SSSR count). The molecule has 3 heteroatoms. The van der Waals surface area contributed by atoms with Gasteiger partial charge in [0.05, 0.1) is 17.4 Å². The minimum atomic E-state index is 0.658. The van der Waals surface area contributed by atoms with E-state index in [0.29, 0.717) is 6.04 Å². The number of nitrogens with two attached hydrogens (primary N) is 1. The van der Waals surface area contributed by atoms with E-state index in [1.807, 2.05) is 13.1 Å². The van der Waals surface area contributed by atoms with Crippen molar-refractivity contribution in [1.82, 2.24) is 9.78 Å². The van der Waals surface area contributed by atoms with Crippen molar-refractivity contribution in [2.75, 3.05) is 5.73 Å². The van der Waals surface area contributed by atoms with E-state index in [2.05, 4.69) is 9.78 Å². The molecule has 1 aromatic heterocycles. The van der Waals surface area contributed by atoms with Gasteiger partial charge in [-0.15, -0.1) is 0 Å². The van der Waals surface area contributed by atoms with Crippen molar-refractivity contribution in [1.29, 1.82) is 0 Å². The predicted molar refractivity (Wildman–Crippen MR) is 55.9 cm³/mol. The van der Waals surface area contributed by atoms with Crippen LogP contribution < -0.4 is 5.73 Å². The minimum Gasteiger partial charge on any atom is -0.396 e. The van der Waals surface area contributed by atoms with Gasteiger partial charge in [0.25, 0.3) is 0 Å². The molecular weight excluding hydrogens is 174 g/mol. The van der Waals surface area contributed by atoms with Gasteiger partial charge in [0.1, 0.15) is 0 Å². The lowest BCUT2D eigenvalue weighted by Gasteiger charge is -2.15. The number of hydrogen-bond acceptors (Lipinski definition) is 2. The van der Waals surface area contributed by atoms with Gasteiger partial charge in [0, 0.05) is 6.20 Å². The first-order valence-corrected chi connectivity index (χ1v) is 5.57. The molecule has 1 heterocycles. The SMILES string of the molecule is Cc1nn(C(C2CC2)C2CC2)cc1N. The first kappa shape index (κ1) is 8.33. The number of hydrogen-bond donors (Lipinski definition) is 1. The first-order chi connectivity index (χ1) is 6.75. The maximum atomic E-state index is 5.84. The van der Waals surface area contributed by atoms with Gasteiger partial charge < -0.3 is 5.73 Å². The maximum absolute atomic E-state index is 5.84. The average molecular weight is 191 g/mol. The summed E-state index contributed by atoms with van der Waals surface area (Å²) in [5.74, 6) is 1.78. The van der Waals surface area contributed by atoms with Crippen LogP contribution in [0.4, 0.5) is 5.69 Å². The monoisotopic (exact) mass is 191 g/mol. The Balaban J connectivity index is 1.89. The van der Waals surface area contributed by atoms with Crippen LogP contribution in [0.15, 0.2) is 6.20 Å². The molecule has 0 unspecified atom stereocenters. The molecule has 2 aliphatic rings. The molecule has 2 N–H and O–H groups in total. The normalized spacial score (nSPS) is 21.9. The van der Waals surface area contributed by atoms with Crippen LogP contribution in [-0.4, -0.2) is 9.78 Å². The first-order valence-electron chi connectivity index (χ1n) is 5.57. The minimum absolute atomic E-state index is 0.658. The zero-order valence-electron chi connectivity index (χ0n) is 8.61. The standard InChI is InChI=1S/C11H17N3/c1-7-10(12)6-14(13-7)11(8-2-3-8)9-4-5-9/h6,8-9,11H,2-5,12H2,1H3. The Labute approximate surface area is 84.3 Å². The fraction of sp³-hybridized carbons (Fsp3) is 0.727. The lowest BCUT2D eigenvalue weighted by Crippen LogP contribution is -2.14. The highest BCUT2D eigenvalue weighted by Crippen LogP contribution is 2.51. The second-order valence-corrected chi connectivity index (χ2v) is 4.82. The molecule has 2 aliphatic carbocycles. The molecule has 0 saturated heterocycles. The van der Waals surface area contributed by atoms with Crippen molar-refractivity contribution < 1.29 is 0 Å². The Morgan fingerprint density at radius 2 is 1.93 bits per heavy atom. The summed E-state index contributed by atoms with van der Waals surface area (Å²) in [6, 6.07) is 0.658. The summed E-state index contributed by atoms with van der Waals surface area (Å²) < 4.78 is 2.14. The summed E-state index contributed by atoms with van der Waals surface area (Å²) in [5.41, 5.74) is 7.66. The van der Waals surface area contributed by atoms with Gasteiger partial charge in [-0.25, -0.2) is 0 Å². The topological polar surface area (TPSA) is 43.8 Å². The molecule has 0 radical (unpaired) electrons. The highest BCUT2D eigenvalue weighted by Gasteiger charge is 2.43. The molecule has 76 valence electrons. The quantitative estimate of drug-likeness (QED) is 0.795. The molecule has 0 amide bonds. The number of rotatable bonds is 3. The van der Waals surface area contributed by atoms with E-state index in [1.54, 1.807) is 0 Å². The van der Waals surface area contributed by atoms with Crippen LogP contribution in [0.1, 0.15) is 37.4 Å². The zero-order chi connectivity index (χ0) is 9.71. The Kier molecular flexibility index (Phi) is 1.64. The number of anilines is 1. The van der Waals surface area contributed by atoms with Crippen molar-refractivity contribution >= 4 is 5.69 Å². The van der Waals surface area contributed by atoms with Gasteiger partial charge >= 0.3 is 0 Å². The van der Waals surface area contributed by atoms with Gasteiger partial charge in [-0.1, -0.05) is 0 Å². The molecule has 0 aliphatic heterocycles. The van der Waals surface area contributed by atoms with Gasteiger partial charge in [0.2, 0.25) is 0 Å². The maximum Gasteiger partial charge on any atom is 0.0823 e. The highest BCUT2D eigenvalue weighted by molar-refractivity contribution is 5.39. The van der Waals surface area contributed by atoms with Crippen LogP contribution in [0.3, 0.4) is 0 Å². The molecule has 0 bridgehead atoms. The summed E-state index contributed by atoms with van der Waals surface area (Å²) in [6.07, 6.45) is 7.58. The summed E-state index contributed by atoms with van der Waals surface area (Å²) in [6.45, 7) is 1.99. The van der Waals surface area contributed by atoms with Crippen LogP contribution >= 0.6 is 0 Å². The smallest absolute Gasteiger partial charge is 0.0823 e. The van der Waals surface area contributed by atoms with E-state index in [-0.39, 0.29) is 0 Å². The summed E-state index contributed by atoms with van der Waals surface area (Å²) in [4.78, 5) is 0. The molecule has 0 spiro atoms. The Morgan fingerprint density at radius 1 is 1.36 bits per heavy atom. The highest BCUT2D eigenvalue weighted by atomic mass is 15.3. The summed E-state index contributed by atoms with van der Waals surface area (Å²) in [5, 5.41) is 4.52. The Hall–Kier alpha value is -0.990. The molecule has 2 fully saturated rings. The van der Waals surface area contributed by atoms with E-state index in [0.717, 1.165) is 23.2 Å². The lowest BCUT2D eigenvalue weighted by atomic mass is 10.1. The second kappa shape index (κ2) is 2.75. The number of aryl methyl sites for hydroxylation is 1. The second-order valence-electron chi connectivity index (χ2n) is 4.82. The Morgan fingerprint density at radius 3 is 2.29 bits per heavy atom. The third-order valence-electron chi connectivity index (χ3n) is 3.47. The van der Waals surface area contributed by atoms with Crippen LogP contribution in [0, 0.1) is 18.8 Å². The predicted octanol–water partition coefficient (Wildman–Crippen LogP) is 2.13. The lowest BCUT2D eigenvalue weighted by molar-refractivity contribution is 0.359. The van der Waals surface area contributed by atoms with E-state index >= 15 is 0 Å². The molecule has 0 atom stereocenters. The van der Waals surface area contributed by atoms with Crippen LogP contribution in [0.2, 0.25) is 0 Å². The van der Waals surface area contributed by atoms with Crippen LogP contribution in [0.5, 0.6) is 0 Å². The summed E-state index contributed by atoms with van der Waals surface area (Å²) in [7, 11) is 0. The molecule has 0 aromatic carbocycles. The van der Waals surface area contributed by atoms with Crippen LogP contribution in [-0.2, 0) is 0 Å². The average Bonchev–Trinajstić information content (AvgIpc) is 2.95. The Bertz CT molecular complexity index is 316. The number of nitrogens with zero attached hydrogens (tertiary/aromatic N) is 2.